The van der Waals surface area contributed by atoms with Gasteiger partial charge in [-0.1, -0.05) is 27.7 Å². The maximum Gasteiger partial charge on any atom is 0.242 e. The average Bonchev–Trinajstić information content (AvgIpc) is 2.99. The van der Waals surface area contributed by atoms with Crippen LogP contribution in [0.5, 0.6) is 0 Å². The van der Waals surface area contributed by atoms with E-state index in [1.165, 1.54) is 35.9 Å². The van der Waals surface area contributed by atoms with Gasteiger partial charge in [0.25, 0.3) is 0 Å². The van der Waals surface area contributed by atoms with Crippen molar-refractivity contribution in [3.63, 3.8) is 0 Å². The minimum absolute atomic E-state index is 0.122. The molecule has 33 heavy (non-hydrogen) atoms. The van der Waals surface area contributed by atoms with E-state index in [4.69, 9.17) is 4.74 Å². The van der Waals surface area contributed by atoms with E-state index in [-0.39, 0.29) is 29.9 Å². The van der Waals surface area contributed by atoms with Gasteiger partial charge in [0.1, 0.15) is 0 Å². The maximum absolute atomic E-state index is 12.0. The van der Waals surface area contributed by atoms with Gasteiger partial charge in [-0.3, -0.25) is 19.3 Å². The van der Waals surface area contributed by atoms with Crippen molar-refractivity contribution in [3.05, 3.63) is 0 Å². The summed E-state index contributed by atoms with van der Waals surface area (Å²) in [4.78, 5) is 36.8. The first-order valence-electron chi connectivity index (χ1n) is 12.4. The standard InChI is InChI=1S/C15H26N2O4S.C8H16O.C2H6/c1-6-17-12(19)7-10(13(17)20)22-8-11(18)16-14(2,3)9-15(4,5)21;1-7(2)8-5-3-4-6-9-8;1-2/h10,21H,6-9H2,1-5H3,(H,16,18);7-8H,3-6H2,1-2H3;1-2H3. The van der Waals surface area contributed by atoms with Gasteiger partial charge in [-0.15, -0.1) is 11.8 Å². The second-order valence-electron chi connectivity index (χ2n) is 10.1. The summed E-state index contributed by atoms with van der Waals surface area (Å²) in [7, 11) is 0. The zero-order valence-corrected chi connectivity index (χ0v) is 23.1. The van der Waals surface area contributed by atoms with Gasteiger partial charge in [0.05, 0.1) is 22.7 Å². The third kappa shape index (κ3) is 12.8. The number of nitrogens with zero attached hydrogens (tertiary/aromatic N) is 1. The van der Waals surface area contributed by atoms with Crippen LogP contribution < -0.4 is 5.32 Å². The number of thioether (sulfide) groups is 1. The van der Waals surface area contributed by atoms with Crippen LogP contribution in [0, 0.1) is 5.92 Å². The molecule has 2 heterocycles. The lowest BCUT2D eigenvalue weighted by molar-refractivity contribution is -0.137. The van der Waals surface area contributed by atoms with Crippen LogP contribution >= 0.6 is 11.8 Å². The predicted octanol–water partition coefficient (Wildman–Crippen LogP) is 4.16. The highest BCUT2D eigenvalue weighted by Crippen LogP contribution is 2.25. The molecule has 3 amide bonds. The molecular weight excluding hydrogens is 440 g/mol. The van der Waals surface area contributed by atoms with E-state index < -0.39 is 16.4 Å². The van der Waals surface area contributed by atoms with Crippen molar-refractivity contribution in [1.82, 2.24) is 10.2 Å². The zero-order chi connectivity index (χ0) is 25.8. The number of carbonyl (C=O) groups is 3. The Kier molecular flexibility index (Phi) is 14.5. The number of amides is 3. The number of nitrogens with one attached hydrogen (secondary N) is 1. The largest absolute Gasteiger partial charge is 0.390 e. The molecule has 0 radical (unpaired) electrons. The molecule has 0 aliphatic carbocycles. The minimum atomic E-state index is -0.876. The lowest BCUT2D eigenvalue weighted by Crippen LogP contribution is -2.48. The number of ether oxygens (including phenoxy) is 1. The fourth-order valence-corrected chi connectivity index (χ4v) is 5.08. The Bertz CT molecular complexity index is 610. The third-order valence-corrected chi connectivity index (χ3v) is 6.44. The van der Waals surface area contributed by atoms with Gasteiger partial charge >= 0.3 is 0 Å². The molecule has 2 unspecified atom stereocenters. The SMILES string of the molecule is CC.CC(C)C1CCCCO1.CCN1C(=O)CC(SCC(=O)NC(C)(C)CC(C)(C)O)C1=O. The monoisotopic (exact) mass is 488 g/mol. The molecule has 0 bridgehead atoms. The fourth-order valence-electron chi connectivity index (χ4n) is 4.12. The summed E-state index contributed by atoms with van der Waals surface area (Å²) in [5, 5.41) is 12.2. The third-order valence-electron chi connectivity index (χ3n) is 5.25. The molecule has 0 aromatic rings. The van der Waals surface area contributed by atoms with E-state index in [0.29, 0.717) is 25.0 Å². The van der Waals surface area contributed by atoms with Crippen molar-refractivity contribution < 1.29 is 24.2 Å². The number of carbonyl (C=O) groups excluding carboxylic acids is 3. The first-order valence-corrected chi connectivity index (χ1v) is 13.4. The number of imide groups is 1. The van der Waals surface area contributed by atoms with Gasteiger partial charge in [0.15, 0.2) is 0 Å². The summed E-state index contributed by atoms with van der Waals surface area (Å²) >= 11 is 1.20. The van der Waals surface area contributed by atoms with Crippen LogP contribution in [0.4, 0.5) is 0 Å². The molecule has 7 nitrogen and oxygen atoms in total. The number of likely N-dealkylation sites (tertiary alicyclic amines) is 1. The highest BCUT2D eigenvalue weighted by Gasteiger charge is 2.38. The number of rotatable bonds is 8. The van der Waals surface area contributed by atoms with Crippen molar-refractivity contribution in [1.29, 1.82) is 0 Å². The van der Waals surface area contributed by atoms with Crippen LogP contribution in [0.2, 0.25) is 0 Å². The van der Waals surface area contributed by atoms with Gasteiger partial charge < -0.3 is 15.2 Å². The zero-order valence-electron chi connectivity index (χ0n) is 22.3. The molecule has 2 aliphatic rings. The molecule has 2 atom stereocenters. The van der Waals surface area contributed by atoms with Crippen LogP contribution in [-0.4, -0.2) is 69.1 Å². The molecule has 0 saturated carbocycles. The molecule has 0 spiro atoms. The highest BCUT2D eigenvalue weighted by atomic mass is 32.2. The predicted molar refractivity (Wildman–Crippen MR) is 136 cm³/mol. The molecule has 2 saturated heterocycles. The molecule has 2 aliphatic heterocycles. The van der Waals surface area contributed by atoms with Crippen molar-refractivity contribution in [3.8, 4) is 0 Å². The minimum Gasteiger partial charge on any atom is -0.390 e. The number of hydrogen-bond donors (Lipinski definition) is 2. The van der Waals surface area contributed by atoms with Crippen LogP contribution in [-0.2, 0) is 19.1 Å². The quantitative estimate of drug-likeness (QED) is 0.498. The van der Waals surface area contributed by atoms with Gasteiger partial charge in [-0.25, -0.2) is 0 Å². The van der Waals surface area contributed by atoms with Crippen molar-refractivity contribution >= 4 is 29.5 Å². The first kappa shape index (κ1) is 31.9. The van der Waals surface area contributed by atoms with Crippen LogP contribution in [0.3, 0.4) is 0 Å². The van der Waals surface area contributed by atoms with E-state index in [1.807, 2.05) is 27.7 Å². The average molecular weight is 489 g/mol. The van der Waals surface area contributed by atoms with Crippen molar-refractivity contribution in [2.45, 2.75) is 117 Å². The van der Waals surface area contributed by atoms with Gasteiger partial charge in [0.2, 0.25) is 17.7 Å². The van der Waals surface area contributed by atoms with Crippen LogP contribution in [0.1, 0.15) is 94.4 Å². The Morgan fingerprint density at radius 2 is 1.82 bits per heavy atom. The topological polar surface area (TPSA) is 95.9 Å². The Balaban J connectivity index is 0.000000770. The summed E-state index contributed by atoms with van der Waals surface area (Å²) in [6.07, 6.45) is 5.04. The van der Waals surface area contributed by atoms with E-state index in [0.717, 1.165) is 6.61 Å². The van der Waals surface area contributed by atoms with Crippen molar-refractivity contribution in [2.75, 3.05) is 18.9 Å². The van der Waals surface area contributed by atoms with E-state index in [9.17, 15) is 19.5 Å². The van der Waals surface area contributed by atoms with Gasteiger partial charge in [-0.05, 0) is 66.2 Å². The van der Waals surface area contributed by atoms with E-state index >= 15 is 0 Å². The normalized spacial score (nSPS) is 21.2. The van der Waals surface area contributed by atoms with Gasteiger partial charge in [-0.2, -0.15) is 0 Å². The number of aliphatic hydroxyl groups is 1. The molecule has 2 N–H and O–H groups in total. The highest BCUT2D eigenvalue weighted by molar-refractivity contribution is 8.01. The fraction of sp³-hybridized carbons (Fsp3) is 0.880. The molecule has 0 aromatic heterocycles. The van der Waals surface area contributed by atoms with Crippen LogP contribution in [0.15, 0.2) is 0 Å². The van der Waals surface area contributed by atoms with Gasteiger partial charge in [0, 0.05) is 25.1 Å². The summed E-state index contributed by atoms with van der Waals surface area (Å²) in [5.74, 6) is 0.254. The van der Waals surface area contributed by atoms with Crippen molar-refractivity contribution in [2.24, 2.45) is 5.92 Å². The van der Waals surface area contributed by atoms with E-state index in [1.54, 1.807) is 20.8 Å². The second-order valence-corrected chi connectivity index (χ2v) is 11.2. The summed E-state index contributed by atoms with van der Waals surface area (Å²) in [6.45, 7) is 18.7. The molecule has 2 rings (SSSR count). The Hall–Kier alpha value is -1.12. The Labute approximate surface area is 205 Å². The Morgan fingerprint density at radius 3 is 2.21 bits per heavy atom. The Morgan fingerprint density at radius 1 is 1.21 bits per heavy atom. The van der Waals surface area contributed by atoms with Crippen LogP contribution in [0.25, 0.3) is 0 Å². The summed E-state index contributed by atoms with van der Waals surface area (Å²) in [6, 6.07) is 0. The molecular formula is C25H48N2O5S. The second kappa shape index (κ2) is 15.0. The molecule has 0 aromatic carbocycles. The first-order chi connectivity index (χ1) is 15.3. The van der Waals surface area contributed by atoms with E-state index in [2.05, 4.69) is 19.2 Å². The molecule has 2 fully saturated rings. The smallest absolute Gasteiger partial charge is 0.242 e. The molecule has 194 valence electrons. The molecule has 8 heteroatoms. The lowest BCUT2D eigenvalue weighted by atomic mass is 9.89. The maximum atomic E-state index is 12.0. The number of hydrogen-bond acceptors (Lipinski definition) is 6. The summed E-state index contributed by atoms with van der Waals surface area (Å²) in [5.41, 5.74) is -1.42. The lowest BCUT2D eigenvalue weighted by Gasteiger charge is -2.32. The summed E-state index contributed by atoms with van der Waals surface area (Å²) < 4.78 is 5.54.